The van der Waals surface area contributed by atoms with Gasteiger partial charge in [-0.2, -0.15) is 0 Å². The van der Waals surface area contributed by atoms with E-state index in [2.05, 4.69) is 0 Å². The molecular formula is C15H16FNOS. The van der Waals surface area contributed by atoms with Gasteiger partial charge >= 0.3 is 0 Å². The van der Waals surface area contributed by atoms with Gasteiger partial charge in [-0.05, 0) is 41.8 Å². The molecule has 100 valence electrons. The molecule has 0 aromatic heterocycles. The summed E-state index contributed by atoms with van der Waals surface area (Å²) in [5.74, 6) is 0.405. The molecule has 0 saturated carbocycles. The number of halogens is 1. The van der Waals surface area contributed by atoms with Crippen LogP contribution >= 0.6 is 0 Å². The Morgan fingerprint density at radius 2 is 1.89 bits per heavy atom. The smallest absolute Gasteiger partial charge is 0.125 e. The highest BCUT2D eigenvalue weighted by Gasteiger charge is 2.07. The Kier molecular flexibility index (Phi) is 4.32. The van der Waals surface area contributed by atoms with Crippen LogP contribution in [0.25, 0.3) is 0 Å². The quantitative estimate of drug-likeness (QED) is 0.872. The van der Waals surface area contributed by atoms with Crippen LogP contribution in [-0.4, -0.2) is 4.21 Å². The topological polar surface area (TPSA) is 43.1 Å². The molecule has 0 bridgehead atoms. The van der Waals surface area contributed by atoms with Crippen molar-refractivity contribution in [1.82, 2.24) is 0 Å². The third kappa shape index (κ3) is 3.89. The standard InChI is InChI=1S/C15H16FNOS/c1-11-4-2-3-5-13(11)10-19(18)9-12-6-14(16)8-15(17)7-12/h2-8H,9-10,17H2,1H3. The summed E-state index contributed by atoms with van der Waals surface area (Å²) in [7, 11) is -1.07. The average molecular weight is 277 g/mol. The molecule has 1 atom stereocenters. The van der Waals surface area contributed by atoms with E-state index in [1.165, 1.54) is 12.1 Å². The van der Waals surface area contributed by atoms with Crippen molar-refractivity contribution >= 4 is 16.5 Å². The van der Waals surface area contributed by atoms with Crippen LogP contribution in [0.1, 0.15) is 16.7 Å². The molecule has 4 heteroatoms. The number of nitrogen functional groups attached to an aromatic ring is 1. The van der Waals surface area contributed by atoms with E-state index in [1.807, 2.05) is 31.2 Å². The van der Waals surface area contributed by atoms with Crippen molar-refractivity contribution in [2.24, 2.45) is 0 Å². The Labute approximate surface area is 114 Å². The van der Waals surface area contributed by atoms with Crippen molar-refractivity contribution in [2.45, 2.75) is 18.4 Å². The third-order valence-electron chi connectivity index (χ3n) is 2.89. The summed E-state index contributed by atoms with van der Waals surface area (Å²) in [6.07, 6.45) is 0. The van der Waals surface area contributed by atoms with E-state index in [-0.39, 0.29) is 5.82 Å². The number of benzene rings is 2. The third-order valence-corrected chi connectivity index (χ3v) is 4.17. The normalized spacial score (nSPS) is 12.3. The zero-order valence-corrected chi connectivity index (χ0v) is 11.5. The van der Waals surface area contributed by atoms with Crippen molar-refractivity contribution in [2.75, 3.05) is 5.73 Å². The fourth-order valence-corrected chi connectivity index (χ4v) is 3.25. The Bertz CT molecular complexity index is 593. The fraction of sp³-hybridized carbons (Fsp3) is 0.200. The second kappa shape index (κ2) is 5.97. The number of anilines is 1. The van der Waals surface area contributed by atoms with E-state index in [4.69, 9.17) is 5.73 Å². The summed E-state index contributed by atoms with van der Waals surface area (Å²) in [5.41, 5.74) is 8.79. The summed E-state index contributed by atoms with van der Waals surface area (Å²) in [6.45, 7) is 1.99. The molecule has 2 nitrogen and oxygen atoms in total. The van der Waals surface area contributed by atoms with Gasteiger partial charge in [-0.25, -0.2) is 4.39 Å². The van der Waals surface area contributed by atoms with Gasteiger partial charge in [-0.3, -0.25) is 4.21 Å². The lowest BCUT2D eigenvalue weighted by atomic mass is 10.1. The highest BCUT2D eigenvalue weighted by atomic mass is 32.2. The molecule has 0 saturated heterocycles. The number of rotatable bonds is 4. The molecular weight excluding hydrogens is 261 g/mol. The molecule has 2 rings (SSSR count). The summed E-state index contributed by atoms with van der Waals surface area (Å²) >= 11 is 0. The first-order valence-electron chi connectivity index (χ1n) is 5.99. The van der Waals surface area contributed by atoms with Crippen molar-refractivity contribution in [1.29, 1.82) is 0 Å². The molecule has 0 amide bonds. The molecule has 0 aliphatic heterocycles. The van der Waals surface area contributed by atoms with Crippen LogP contribution in [0.3, 0.4) is 0 Å². The molecule has 2 aromatic carbocycles. The molecule has 0 spiro atoms. The maximum Gasteiger partial charge on any atom is 0.125 e. The molecule has 0 radical (unpaired) electrons. The summed E-state index contributed by atoms with van der Waals surface area (Å²) in [5, 5.41) is 0. The first-order valence-corrected chi connectivity index (χ1v) is 7.48. The second-order valence-electron chi connectivity index (χ2n) is 4.55. The molecule has 0 aliphatic rings. The molecule has 1 unspecified atom stereocenters. The second-order valence-corrected chi connectivity index (χ2v) is 6.00. The average Bonchev–Trinajstić information content (AvgIpc) is 2.30. The first kappa shape index (κ1) is 13.7. The molecule has 0 fully saturated rings. The Morgan fingerprint density at radius 3 is 2.58 bits per heavy atom. The van der Waals surface area contributed by atoms with Crippen molar-refractivity contribution in [3.05, 3.63) is 65.0 Å². The monoisotopic (exact) mass is 277 g/mol. The van der Waals surface area contributed by atoms with Gasteiger partial charge in [-0.15, -0.1) is 0 Å². The van der Waals surface area contributed by atoms with Gasteiger partial charge in [0.05, 0.1) is 0 Å². The summed E-state index contributed by atoms with van der Waals surface area (Å²) in [6, 6.07) is 12.1. The van der Waals surface area contributed by atoms with Crippen molar-refractivity contribution in [3.63, 3.8) is 0 Å². The first-order chi connectivity index (χ1) is 9.04. The van der Waals surface area contributed by atoms with Crippen molar-refractivity contribution < 1.29 is 8.60 Å². The zero-order valence-electron chi connectivity index (χ0n) is 10.7. The maximum absolute atomic E-state index is 13.2. The minimum Gasteiger partial charge on any atom is -0.399 e. The van der Waals surface area contributed by atoms with Gasteiger partial charge in [0, 0.05) is 28.0 Å². The van der Waals surface area contributed by atoms with E-state index in [1.54, 1.807) is 6.07 Å². The number of hydrogen-bond donors (Lipinski definition) is 1. The lowest BCUT2D eigenvalue weighted by Gasteiger charge is -2.06. The van der Waals surface area contributed by atoms with Gasteiger partial charge in [0.1, 0.15) is 5.82 Å². The summed E-state index contributed by atoms with van der Waals surface area (Å²) < 4.78 is 25.3. The maximum atomic E-state index is 13.2. The fourth-order valence-electron chi connectivity index (χ4n) is 1.94. The van der Waals surface area contributed by atoms with Crippen LogP contribution in [-0.2, 0) is 22.3 Å². The number of hydrogen-bond acceptors (Lipinski definition) is 2. The number of aryl methyl sites for hydroxylation is 1. The van der Waals surface area contributed by atoms with E-state index in [0.717, 1.165) is 11.1 Å². The highest BCUT2D eigenvalue weighted by molar-refractivity contribution is 7.83. The van der Waals surface area contributed by atoms with Crippen LogP contribution in [0.2, 0.25) is 0 Å². The number of nitrogens with two attached hydrogens (primary N) is 1. The predicted octanol–water partition coefficient (Wildman–Crippen LogP) is 3.17. The van der Waals surface area contributed by atoms with Crippen LogP contribution < -0.4 is 5.73 Å². The highest BCUT2D eigenvalue weighted by Crippen LogP contribution is 2.15. The predicted molar refractivity (Wildman–Crippen MR) is 77.5 cm³/mol. The van der Waals surface area contributed by atoms with E-state index in [0.29, 0.717) is 22.8 Å². The van der Waals surface area contributed by atoms with E-state index >= 15 is 0 Å². The zero-order chi connectivity index (χ0) is 13.8. The van der Waals surface area contributed by atoms with Crippen LogP contribution in [0, 0.1) is 12.7 Å². The largest absolute Gasteiger partial charge is 0.399 e. The van der Waals surface area contributed by atoms with E-state index in [9.17, 15) is 8.60 Å². The molecule has 0 heterocycles. The van der Waals surface area contributed by atoms with Gasteiger partial charge in [0.2, 0.25) is 0 Å². The lowest BCUT2D eigenvalue weighted by Crippen LogP contribution is -2.02. The minimum absolute atomic E-state index is 0.316. The molecule has 0 aliphatic carbocycles. The minimum atomic E-state index is -1.07. The molecule has 19 heavy (non-hydrogen) atoms. The van der Waals surface area contributed by atoms with Gasteiger partial charge in [0.25, 0.3) is 0 Å². The Balaban J connectivity index is 2.07. The van der Waals surface area contributed by atoms with Crippen molar-refractivity contribution in [3.8, 4) is 0 Å². The lowest BCUT2D eigenvalue weighted by molar-refractivity contribution is 0.627. The van der Waals surface area contributed by atoms with E-state index < -0.39 is 10.8 Å². The van der Waals surface area contributed by atoms with Crippen LogP contribution in [0.5, 0.6) is 0 Å². The van der Waals surface area contributed by atoms with Crippen LogP contribution in [0.15, 0.2) is 42.5 Å². The molecule has 2 aromatic rings. The van der Waals surface area contributed by atoms with Crippen LogP contribution in [0.4, 0.5) is 10.1 Å². The summed E-state index contributed by atoms with van der Waals surface area (Å²) in [4.78, 5) is 0. The van der Waals surface area contributed by atoms with Gasteiger partial charge in [-0.1, -0.05) is 24.3 Å². The molecule has 2 N–H and O–H groups in total. The Hall–Kier alpha value is -1.68. The Morgan fingerprint density at radius 1 is 1.16 bits per heavy atom. The van der Waals surface area contributed by atoms with Gasteiger partial charge in [0.15, 0.2) is 0 Å². The van der Waals surface area contributed by atoms with Gasteiger partial charge < -0.3 is 5.73 Å². The SMILES string of the molecule is Cc1ccccc1CS(=O)Cc1cc(N)cc(F)c1.